The van der Waals surface area contributed by atoms with E-state index in [1.165, 1.54) is 24.3 Å². The summed E-state index contributed by atoms with van der Waals surface area (Å²) >= 11 is 0. The van der Waals surface area contributed by atoms with Crippen LogP contribution < -0.4 is 4.74 Å². The molecule has 2 aromatic rings. The fourth-order valence-electron chi connectivity index (χ4n) is 3.11. The molecule has 0 aliphatic carbocycles. The Kier molecular flexibility index (Phi) is 6.87. The lowest BCUT2D eigenvalue weighted by molar-refractivity contribution is -0.277. The number of carbonyl (C=O) groups excluding carboxylic acids is 1. The summed E-state index contributed by atoms with van der Waals surface area (Å²) in [4.78, 5) is 12.4. The zero-order valence-electron chi connectivity index (χ0n) is 16.4. The molecule has 11 heteroatoms. The SMILES string of the molecule is O=C(/C=C/c1ccc(O)c(O)c1)c1c(O)cc(O[C@@H]2O[C@H](CO)[C@@H](O)[C@H](O)[C@H]2O)cc1O. The maximum atomic E-state index is 12.4. The zero-order chi connectivity index (χ0) is 23.6. The van der Waals surface area contributed by atoms with Gasteiger partial charge < -0.3 is 50.3 Å². The smallest absolute Gasteiger partial charge is 0.229 e. The van der Waals surface area contributed by atoms with E-state index in [0.29, 0.717) is 5.56 Å². The van der Waals surface area contributed by atoms with E-state index in [9.17, 15) is 45.6 Å². The van der Waals surface area contributed by atoms with E-state index in [2.05, 4.69) is 0 Å². The van der Waals surface area contributed by atoms with Gasteiger partial charge in [-0.15, -0.1) is 0 Å². The van der Waals surface area contributed by atoms with E-state index in [1.807, 2.05) is 0 Å². The number of hydrogen-bond donors (Lipinski definition) is 8. The third-order valence-corrected chi connectivity index (χ3v) is 4.84. The fraction of sp³-hybridized carbons (Fsp3) is 0.286. The molecule has 1 aliphatic rings. The van der Waals surface area contributed by atoms with Crippen LogP contribution in [0.1, 0.15) is 15.9 Å². The number of phenolic OH excluding ortho intramolecular Hbond substituents is 4. The van der Waals surface area contributed by atoms with Crippen molar-refractivity contribution >= 4 is 11.9 Å². The van der Waals surface area contributed by atoms with Crippen molar-refractivity contribution < 1.29 is 55.1 Å². The number of aromatic hydroxyl groups is 4. The molecule has 0 spiro atoms. The number of aliphatic hydroxyl groups is 4. The Labute approximate surface area is 181 Å². The van der Waals surface area contributed by atoms with E-state index >= 15 is 0 Å². The van der Waals surface area contributed by atoms with Crippen LogP contribution in [-0.4, -0.2) is 83.9 Å². The third kappa shape index (κ3) is 4.77. The van der Waals surface area contributed by atoms with E-state index < -0.39 is 60.2 Å². The second-order valence-corrected chi connectivity index (χ2v) is 7.10. The van der Waals surface area contributed by atoms with Gasteiger partial charge in [-0.3, -0.25) is 4.79 Å². The van der Waals surface area contributed by atoms with Gasteiger partial charge in [-0.1, -0.05) is 12.1 Å². The molecule has 1 heterocycles. The third-order valence-electron chi connectivity index (χ3n) is 4.84. The normalized spacial score (nSPS) is 25.7. The van der Waals surface area contributed by atoms with Gasteiger partial charge in [0, 0.05) is 12.1 Å². The average Bonchev–Trinajstić information content (AvgIpc) is 2.74. The Hall–Kier alpha value is -3.35. The number of rotatable bonds is 6. The van der Waals surface area contributed by atoms with Crippen molar-refractivity contribution in [1.82, 2.24) is 0 Å². The predicted octanol–water partition coefficient (Wildman–Crippen LogP) is -0.416. The molecular formula is C21H22O11. The maximum absolute atomic E-state index is 12.4. The van der Waals surface area contributed by atoms with Crippen LogP contribution >= 0.6 is 0 Å². The number of ketones is 1. The second-order valence-electron chi connectivity index (χ2n) is 7.10. The molecule has 1 aliphatic heterocycles. The summed E-state index contributed by atoms with van der Waals surface area (Å²) in [5.74, 6) is -3.06. The lowest BCUT2D eigenvalue weighted by Crippen LogP contribution is -2.60. The molecule has 32 heavy (non-hydrogen) atoms. The van der Waals surface area contributed by atoms with Crippen LogP contribution in [0.15, 0.2) is 36.4 Å². The molecule has 0 amide bonds. The molecule has 5 atom stereocenters. The first-order valence-corrected chi connectivity index (χ1v) is 9.40. The summed E-state index contributed by atoms with van der Waals surface area (Å²) in [6.07, 6.45) is -5.42. The largest absolute Gasteiger partial charge is 0.507 e. The molecule has 0 unspecified atom stereocenters. The Balaban J connectivity index is 1.78. The summed E-state index contributed by atoms with van der Waals surface area (Å²) in [6.45, 7) is -0.667. The number of hydrogen-bond acceptors (Lipinski definition) is 11. The fourth-order valence-corrected chi connectivity index (χ4v) is 3.11. The van der Waals surface area contributed by atoms with Gasteiger partial charge in [0.25, 0.3) is 0 Å². The number of phenols is 4. The van der Waals surface area contributed by atoms with Gasteiger partial charge in [-0.05, 0) is 23.8 Å². The van der Waals surface area contributed by atoms with Crippen molar-refractivity contribution in [3.8, 4) is 28.7 Å². The van der Waals surface area contributed by atoms with Gasteiger partial charge >= 0.3 is 0 Å². The van der Waals surface area contributed by atoms with Crippen molar-refractivity contribution in [2.75, 3.05) is 6.61 Å². The van der Waals surface area contributed by atoms with Crippen LogP contribution in [0.5, 0.6) is 28.7 Å². The lowest BCUT2D eigenvalue weighted by atomic mass is 9.99. The Morgan fingerprint density at radius 2 is 1.56 bits per heavy atom. The minimum atomic E-state index is -1.71. The molecule has 0 aromatic heterocycles. The van der Waals surface area contributed by atoms with Gasteiger partial charge in [0.2, 0.25) is 6.29 Å². The lowest BCUT2D eigenvalue weighted by Gasteiger charge is -2.39. The van der Waals surface area contributed by atoms with E-state index in [1.54, 1.807) is 0 Å². The van der Waals surface area contributed by atoms with Gasteiger partial charge in [0.15, 0.2) is 17.3 Å². The van der Waals surface area contributed by atoms with E-state index in [0.717, 1.165) is 18.2 Å². The highest BCUT2D eigenvalue weighted by molar-refractivity contribution is 6.10. The van der Waals surface area contributed by atoms with Gasteiger partial charge in [-0.2, -0.15) is 0 Å². The Morgan fingerprint density at radius 3 is 2.16 bits per heavy atom. The van der Waals surface area contributed by atoms with Crippen molar-refractivity contribution in [2.45, 2.75) is 30.7 Å². The highest BCUT2D eigenvalue weighted by atomic mass is 16.7. The van der Waals surface area contributed by atoms with Crippen molar-refractivity contribution in [3.05, 3.63) is 47.5 Å². The van der Waals surface area contributed by atoms with Crippen LogP contribution in [0, 0.1) is 0 Å². The number of carbonyl (C=O) groups is 1. The molecule has 3 rings (SSSR count). The quantitative estimate of drug-likeness (QED) is 0.162. The molecule has 1 fully saturated rings. The summed E-state index contributed by atoms with van der Waals surface area (Å²) in [6, 6.07) is 5.79. The highest BCUT2D eigenvalue weighted by Gasteiger charge is 2.44. The minimum Gasteiger partial charge on any atom is -0.507 e. The molecule has 0 bridgehead atoms. The molecule has 172 valence electrons. The average molecular weight is 450 g/mol. The second kappa shape index (κ2) is 9.42. The highest BCUT2D eigenvalue weighted by Crippen LogP contribution is 2.35. The maximum Gasteiger partial charge on any atom is 0.229 e. The Morgan fingerprint density at radius 1 is 0.906 bits per heavy atom. The number of allylic oxidation sites excluding steroid dienone is 1. The van der Waals surface area contributed by atoms with Crippen LogP contribution in [0.4, 0.5) is 0 Å². The van der Waals surface area contributed by atoms with Gasteiger partial charge in [0.05, 0.1) is 6.61 Å². The van der Waals surface area contributed by atoms with Crippen molar-refractivity contribution in [2.24, 2.45) is 0 Å². The first kappa shape index (κ1) is 23.3. The van der Waals surface area contributed by atoms with E-state index in [4.69, 9.17) is 9.47 Å². The molecule has 11 nitrogen and oxygen atoms in total. The monoisotopic (exact) mass is 450 g/mol. The van der Waals surface area contributed by atoms with Crippen LogP contribution in [-0.2, 0) is 4.74 Å². The molecule has 0 radical (unpaired) electrons. The number of aliphatic hydroxyl groups excluding tert-OH is 4. The standard InChI is InChI=1S/C21H22O11/c22-8-16-18(28)19(29)20(30)21(32-16)31-10-6-14(26)17(15(27)7-10)12(24)4-2-9-1-3-11(23)13(25)5-9/h1-7,16,18-23,25-30H,8H2/b4-2+/t16-,18-,19+,20-,21-/m1/s1. The summed E-state index contributed by atoms with van der Waals surface area (Å²) < 4.78 is 10.5. The number of ether oxygens (including phenoxy) is 2. The minimum absolute atomic E-state index is 0.228. The zero-order valence-corrected chi connectivity index (χ0v) is 16.4. The molecule has 2 aromatic carbocycles. The predicted molar refractivity (Wildman–Crippen MR) is 107 cm³/mol. The molecule has 1 saturated heterocycles. The van der Waals surface area contributed by atoms with Crippen molar-refractivity contribution in [1.29, 1.82) is 0 Å². The number of benzene rings is 2. The first-order chi connectivity index (χ1) is 15.1. The molecular weight excluding hydrogens is 428 g/mol. The van der Waals surface area contributed by atoms with Crippen LogP contribution in [0.2, 0.25) is 0 Å². The Bertz CT molecular complexity index is 994. The van der Waals surface area contributed by atoms with Crippen molar-refractivity contribution in [3.63, 3.8) is 0 Å². The van der Waals surface area contributed by atoms with Gasteiger partial charge in [-0.25, -0.2) is 0 Å². The first-order valence-electron chi connectivity index (χ1n) is 9.40. The van der Waals surface area contributed by atoms with Crippen LogP contribution in [0.3, 0.4) is 0 Å². The van der Waals surface area contributed by atoms with Gasteiger partial charge in [0.1, 0.15) is 47.2 Å². The molecule has 0 saturated carbocycles. The van der Waals surface area contributed by atoms with E-state index in [-0.39, 0.29) is 17.2 Å². The summed E-state index contributed by atoms with van der Waals surface area (Å²) in [5, 5.41) is 78.0. The topological polar surface area (TPSA) is 197 Å². The van der Waals surface area contributed by atoms with Crippen LogP contribution in [0.25, 0.3) is 6.08 Å². The summed E-state index contributed by atoms with van der Waals surface area (Å²) in [7, 11) is 0. The molecule has 8 N–H and O–H groups in total. The summed E-state index contributed by atoms with van der Waals surface area (Å²) in [5.41, 5.74) is -0.0828.